The minimum absolute atomic E-state index is 0.00922. The van der Waals surface area contributed by atoms with Gasteiger partial charge in [-0.3, -0.25) is 10.1 Å². The summed E-state index contributed by atoms with van der Waals surface area (Å²) < 4.78 is 37.9. The number of nitrogens with two attached hydrogens (primary N) is 1. The van der Waals surface area contributed by atoms with Crippen LogP contribution in [-0.4, -0.2) is 36.2 Å². The van der Waals surface area contributed by atoms with Crippen molar-refractivity contribution >= 4 is 27.9 Å². The molecular formula is C20H22F3N5OS. The van der Waals surface area contributed by atoms with Crippen LogP contribution in [0.4, 0.5) is 18.3 Å². The van der Waals surface area contributed by atoms with E-state index in [1.54, 1.807) is 6.20 Å². The van der Waals surface area contributed by atoms with Gasteiger partial charge in [-0.1, -0.05) is 29.5 Å². The van der Waals surface area contributed by atoms with E-state index in [9.17, 15) is 18.0 Å². The van der Waals surface area contributed by atoms with Crippen molar-refractivity contribution in [2.24, 2.45) is 11.7 Å². The smallest absolute Gasteiger partial charge is 0.360 e. The Balaban J connectivity index is 1.30. The van der Waals surface area contributed by atoms with Crippen molar-refractivity contribution in [2.75, 3.05) is 18.4 Å². The van der Waals surface area contributed by atoms with Crippen molar-refractivity contribution in [1.29, 1.82) is 0 Å². The van der Waals surface area contributed by atoms with Gasteiger partial charge in [-0.2, -0.15) is 13.2 Å². The standard InChI is InChI=1S/C20H22F3N5OS/c21-20(22,23)14-3-1-11(2-4-14)5-15(24)9-26-19-27-10-16(30-19)13-6-12-7-17(29)28-18(12)25-8-13/h1-4,6,10,12,15,18,25H,5,7-9,24H2,(H,26,27)(H,28,29)/t12?,15-,18?/m0/s1. The monoisotopic (exact) mass is 437 g/mol. The van der Waals surface area contributed by atoms with E-state index < -0.39 is 11.7 Å². The number of alkyl halides is 3. The fourth-order valence-corrected chi connectivity index (χ4v) is 4.51. The van der Waals surface area contributed by atoms with Gasteiger partial charge in [0.25, 0.3) is 0 Å². The number of rotatable bonds is 6. The van der Waals surface area contributed by atoms with Crippen LogP contribution in [-0.2, 0) is 17.4 Å². The number of hydrogen-bond donors (Lipinski definition) is 4. The van der Waals surface area contributed by atoms with Gasteiger partial charge < -0.3 is 16.4 Å². The first-order chi connectivity index (χ1) is 14.3. The molecule has 10 heteroatoms. The Morgan fingerprint density at radius 3 is 2.80 bits per heavy atom. The molecule has 0 bridgehead atoms. The van der Waals surface area contributed by atoms with Crippen molar-refractivity contribution in [3.05, 3.63) is 52.5 Å². The van der Waals surface area contributed by atoms with Gasteiger partial charge in [-0.25, -0.2) is 4.98 Å². The molecule has 3 atom stereocenters. The van der Waals surface area contributed by atoms with Gasteiger partial charge in [0.1, 0.15) is 0 Å². The third-order valence-corrected chi connectivity index (χ3v) is 6.24. The SMILES string of the molecule is N[C@H](CNc1ncc(C2=CC3CC(=O)NC3NC2)s1)Cc1ccc(C(F)(F)F)cc1. The highest BCUT2D eigenvalue weighted by atomic mass is 32.1. The highest BCUT2D eigenvalue weighted by molar-refractivity contribution is 7.16. The molecule has 0 spiro atoms. The first-order valence-corrected chi connectivity index (χ1v) is 10.4. The van der Waals surface area contributed by atoms with Gasteiger partial charge in [-0.15, -0.1) is 0 Å². The molecule has 2 unspecified atom stereocenters. The Morgan fingerprint density at radius 2 is 2.07 bits per heavy atom. The Morgan fingerprint density at radius 1 is 1.30 bits per heavy atom. The van der Waals surface area contributed by atoms with Crippen molar-refractivity contribution < 1.29 is 18.0 Å². The number of thiazole rings is 1. The van der Waals surface area contributed by atoms with Crippen LogP contribution in [0.15, 0.2) is 36.5 Å². The zero-order valence-electron chi connectivity index (χ0n) is 16.0. The van der Waals surface area contributed by atoms with Crippen LogP contribution >= 0.6 is 11.3 Å². The number of benzene rings is 1. The largest absolute Gasteiger partial charge is 0.416 e. The summed E-state index contributed by atoms with van der Waals surface area (Å²) in [4.78, 5) is 16.9. The Kier molecular flexibility index (Phi) is 5.81. The lowest BCUT2D eigenvalue weighted by Crippen LogP contribution is -2.45. The van der Waals surface area contributed by atoms with Gasteiger partial charge in [0, 0.05) is 37.7 Å². The van der Waals surface area contributed by atoms with E-state index in [0.29, 0.717) is 25.9 Å². The topological polar surface area (TPSA) is 92.1 Å². The molecule has 0 radical (unpaired) electrons. The van der Waals surface area contributed by atoms with Crippen molar-refractivity contribution in [3.63, 3.8) is 0 Å². The molecule has 0 saturated carbocycles. The molecule has 1 aromatic heterocycles. The molecule has 4 rings (SSSR count). The summed E-state index contributed by atoms with van der Waals surface area (Å²) in [6.45, 7) is 1.12. The third kappa shape index (κ3) is 4.82. The molecule has 30 heavy (non-hydrogen) atoms. The maximum atomic E-state index is 12.6. The number of nitrogens with zero attached hydrogens (tertiary/aromatic N) is 1. The second kappa shape index (κ2) is 8.37. The van der Waals surface area contributed by atoms with Crippen LogP contribution in [0, 0.1) is 5.92 Å². The number of carbonyl (C=O) groups is 1. The number of fused-ring (bicyclic) bond motifs is 1. The molecule has 6 nitrogen and oxygen atoms in total. The number of anilines is 1. The molecule has 0 aliphatic carbocycles. The number of hydrogen-bond acceptors (Lipinski definition) is 6. The lowest BCUT2D eigenvalue weighted by molar-refractivity contribution is -0.137. The van der Waals surface area contributed by atoms with Crippen LogP contribution in [0.25, 0.3) is 5.57 Å². The molecule has 1 amide bonds. The van der Waals surface area contributed by atoms with Crippen molar-refractivity contribution in [3.8, 4) is 0 Å². The number of amides is 1. The maximum Gasteiger partial charge on any atom is 0.416 e. The molecule has 2 aromatic rings. The van der Waals surface area contributed by atoms with E-state index in [1.807, 2.05) is 0 Å². The minimum atomic E-state index is -4.33. The van der Waals surface area contributed by atoms with Crippen molar-refractivity contribution in [2.45, 2.75) is 31.2 Å². The summed E-state index contributed by atoms with van der Waals surface area (Å²) in [5.41, 5.74) is 7.34. The average Bonchev–Trinajstić information content (AvgIpc) is 3.31. The van der Waals surface area contributed by atoms with E-state index >= 15 is 0 Å². The third-order valence-electron chi connectivity index (χ3n) is 5.21. The molecule has 2 aliphatic rings. The normalized spacial score (nSPS) is 22.3. The predicted octanol–water partition coefficient (Wildman–Crippen LogP) is 2.59. The minimum Gasteiger partial charge on any atom is -0.360 e. The van der Waals surface area contributed by atoms with Gasteiger partial charge in [-0.05, 0) is 29.7 Å². The van der Waals surface area contributed by atoms with Crippen LogP contribution in [0.3, 0.4) is 0 Å². The van der Waals surface area contributed by atoms with Crippen LogP contribution in [0.2, 0.25) is 0 Å². The molecular weight excluding hydrogens is 415 g/mol. The summed E-state index contributed by atoms with van der Waals surface area (Å²) in [6.07, 6.45) is 0.555. The van der Waals surface area contributed by atoms with E-state index in [2.05, 4.69) is 27.0 Å². The first-order valence-electron chi connectivity index (χ1n) is 9.63. The zero-order valence-corrected chi connectivity index (χ0v) is 16.8. The number of nitrogens with one attached hydrogen (secondary N) is 3. The van der Waals surface area contributed by atoms with Crippen LogP contribution in [0.5, 0.6) is 0 Å². The van der Waals surface area contributed by atoms with E-state index in [4.69, 9.17) is 5.73 Å². The maximum absolute atomic E-state index is 12.6. The summed E-state index contributed by atoms with van der Waals surface area (Å²) in [5.74, 6) is 0.209. The van der Waals surface area contributed by atoms with Gasteiger partial charge in [0.2, 0.25) is 5.91 Å². The highest BCUT2D eigenvalue weighted by Gasteiger charge is 2.34. The molecule has 1 saturated heterocycles. The Hall–Kier alpha value is -2.43. The fourth-order valence-electron chi connectivity index (χ4n) is 3.66. The molecule has 1 aromatic carbocycles. The van der Waals surface area contributed by atoms with Gasteiger partial charge >= 0.3 is 6.18 Å². The molecule has 1 fully saturated rings. The summed E-state index contributed by atoms with van der Waals surface area (Å²) in [7, 11) is 0. The lowest BCUT2D eigenvalue weighted by atomic mass is 9.97. The number of carbonyl (C=O) groups excluding carboxylic acids is 1. The Labute approximate surface area is 175 Å². The molecule has 3 heterocycles. The van der Waals surface area contributed by atoms with Gasteiger partial charge in [0.15, 0.2) is 5.13 Å². The second-order valence-electron chi connectivity index (χ2n) is 7.56. The average molecular weight is 437 g/mol. The molecule has 2 aliphatic heterocycles. The number of aromatic nitrogens is 1. The predicted molar refractivity (Wildman–Crippen MR) is 110 cm³/mol. The quantitative estimate of drug-likeness (QED) is 0.558. The Bertz CT molecular complexity index is 941. The van der Waals surface area contributed by atoms with E-state index in [1.165, 1.54) is 23.5 Å². The zero-order chi connectivity index (χ0) is 21.3. The van der Waals surface area contributed by atoms with Crippen LogP contribution in [0.1, 0.15) is 22.4 Å². The summed E-state index contributed by atoms with van der Waals surface area (Å²) in [6, 6.07) is 4.81. The molecule has 160 valence electrons. The van der Waals surface area contributed by atoms with Crippen molar-refractivity contribution in [1.82, 2.24) is 15.6 Å². The second-order valence-corrected chi connectivity index (χ2v) is 8.59. The summed E-state index contributed by atoms with van der Waals surface area (Å²) >= 11 is 1.51. The first kappa shape index (κ1) is 20.8. The van der Waals surface area contributed by atoms with E-state index in [0.717, 1.165) is 33.3 Å². The number of halogens is 3. The lowest BCUT2D eigenvalue weighted by Gasteiger charge is -2.24. The van der Waals surface area contributed by atoms with Gasteiger partial charge in [0.05, 0.1) is 16.6 Å². The highest BCUT2D eigenvalue weighted by Crippen LogP contribution is 2.31. The van der Waals surface area contributed by atoms with Crippen LogP contribution < -0.4 is 21.7 Å². The van der Waals surface area contributed by atoms with E-state index in [-0.39, 0.29) is 24.0 Å². The summed E-state index contributed by atoms with van der Waals surface area (Å²) in [5, 5.41) is 10.2. The molecule has 5 N–H and O–H groups in total. The fraction of sp³-hybridized carbons (Fsp3) is 0.400.